The highest BCUT2D eigenvalue weighted by Gasteiger charge is 2.13. The Balaban J connectivity index is 1.77. The zero-order valence-corrected chi connectivity index (χ0v) is 16.3. The minimum absolute atomic E-state index is 0.122. The van der Waals surface area contributed by atoms with Crippen molar-refractivity contribution in [2.24, 2.45) is 0 Å². The fourth-order valence-corrected chi connectivity index (χ4v) is 3.81. The van der Waals surface area contributed by atoms with Crippen molar-refractivity contribution in [2.75, 3.05) is 11.6 Å². The number of para-hydroxylation sites is 1. The molecule has 0 saturated heterocycles. The second kappa shape index (κ2) is 7.10. The van der Waals surface area contributed by atoms with E-state index in [1.54, 1.807) is 29.2 Å². The maximum Gasteiger partial charge on any atom is 0.275 e. The third-order valence-corrected chi connectivity index (χ3v) is 5.74. The van der Waals surface area contributed by atoms with Gasteiger partial charge in [0.15, 0.2) is 9.84 Å². The number of hydrogen-bond donors (Lipinski definition) is 1. The molecule has 140 valence electrons. The fraction of sp³-hybridized carbons (Fsp3) is 0.0526. The van der Waals surface area contributed by atoms with Gasteiger partial charge >= 0.3 is 0 Å². The number of thiazole rings is 1. The molecule has 0 radical (unpaired) electrons. The first-order chi connectivity index (χ1) is 13.4. The first kappa shape index (κ1) is 18.2. The topological polar surface area (TPSA) is 102 Å². The Bertz CT molecular complexity index is 1290. The van der Waals surface area contributed by atoms with E-state index in [9.17, 15) is 13.2 Å². The molecule has 1 aromatic carbocycles. The smallest absolute Gasteiger partial charge is 0.275 e. The molecule has 0 bridgehead atoms. The molecule has 28 heavy (non-hydrogen) atoms. The van der Waals surface area contributed by atoms with Gasteiger partial charge in [-0.1, -0.05) is 18.2 Å². The highest BCUT2D eigenvalue weighted by atomic mass is 32.2. The van der Waals surface area contributed by atoms with E-state index < -0.39 is 9.84 Å². The minimum atomic E-state index is -3.38. The van der Waals surface area contributed by atoms with Crippen LogP contribution in [0.5, 0.6) is 0 Å². The Kier molecular flexibility index (Phi) is 4.62. The lowest BCUT2D eigenvalue weighted by Crippen LogP contribution is -2.12. The number of nitrogens with zero attached hydrogens (tertiary/aromatic N) is 3. The van der Waals surface area contributed by atoms with Crippen LogP contribution in [-0.4, -0.2) is 35.5 Å². The predicted octanol–water partition coefficient (Wildman–Crippen LogP) is 3.41. The zero-order chi connectivity index (χ0) is 19.7. The number of aromatic nitrogens is 3. The van der Waals surface area contributed by atoms with Gasteiger partial charge in [-0.3, -0.25) is 9.78 Å². The normalized spacial score (nSPS) is 11.5. The van der Waals surface area contributed by atoms with E-state index in [4.69, 9.17) is 0 Å². The number of rotatable bonds is 4. The standard InChI is InChI=1S/C19H14N4O3S2/c1-28(25,26)14-7-13(8-20-9-14)15-6-5-12-3-2-4-16(18(12)22-15)23-19(24)17-10-27-11-21-17/h2-11H,1H3,(H,23,24). The number of nitrogens with one attached hydrogen (secondary N) is 1. The van der Waals surface area contributed by atoms with Gasteiger partial charge in [0.1, 0.15) is 5.69 Å². The predicted molar refractivity (Wildman–Crippen MR) is 108 cm³/mol. The van der Waals surface area contributed by atoms with E-state index >= 15 is 0 Å². The molecule has 1 N–H and O–H groups in total. The Morgan fingerprint density at radius 1 is 1.14 bits per heavy atom. The lowest BCUT2D eigenvalue weighted by atomic mass is 10.1. The van der Waals surface area contributed by atoms with E-state index in [1.807, 2.05) is 18.2 Å². The van der Waals surface area contributed by atoms with E-state index in [1.165, 1.54) is 23.6 Å². The molecule has 4 rings (SSSR count). The first-order valence-corrected chi connectivity index (χ1v) is 11.0. The Morgan fingerprint density at radius 2 is 2.00 bits per heavy atom. The summed E-state index contributed by atoms with van der Waals surface area (Å²) in [6.07, 6.45) is 3.99. The Labute approximate surface area is 165 Å². The number of fused-ring (bicyclic) bond motifs is 1. The summed E-state index contributed by atoms with van der Waals surface area (Å²) in [6.45, 7) is 0. The van der Waals surface area contributed by atoms with Gasteiger partial charge in [-0.2, -0.15) is 0 Å². The van der Waals surface area contributed by atoms with Crippen LogP contribution in [0.15, 0.2) is 64.6 Å². The van der Waals surface area contributed by atoms with Crippen LogP contribution in [0, 0.1) is 0 Å². The number of carbonyl (C=O) groups excluding carboxylic acids is 1. The van der Waals surface area contributed by atoms with Crippen LogP contribution in [-0.2, 0) is 9.84 Å². The lowest BCUT2D eigenvalue weighted by molar-refractivity contribution is 0.102. The highest BCUT2D eigenvalue weighted by molar-refractivity contribution is 7.90. The zero-order valence-electron chi connectivity index (χ0n) is 14.7. The molecule has 7 nitrogen and oxygen atoms in total. The van der Waals surface area contributed by atoms with Crippen molar-refractivity contribution in [2.45, 2.75) is 4.90 Å². The van der Waals surface area contributed by atoms with Crippen LogP contribution in [0.3, 0.4) is 0 Å². The second-order valence-electron chi connectivity index (χ2n) is 6.08. The van der Waals surface area contributed by atoms with Crippen LogP contribution in [0.25, 0.3) is 22.2 Å². The molecule has 3 heterocycles. The van der Waals surface area contributed by atoms with Gasteiger partial charge in [0.2, 0.25) is 0 Å². The maximum absolute atomic E-state index is 12.4. The van der Waals surface area contributed by atoms with E-state index in [-0.39, 0.29) is 10.8 Å². The van der Waals surface area contributed by atoms with Gasteiger partial charge in [0.05, 0.1) is 27.3 Å². The number of anilines is 1. The summed E-state index contributed by atoms with van der Waals surface area (Å²) in [4.78, 5) is 25.1. The monoisotopic (exact) mass is 410 g/mol. The van der Waals surface area contributed by atoms with Crippen LogP contribution in [0.2, 0.25) is 0 Å². The second-order valence-corrected chi connectivity index (χ2v) is 8.82. The molecule has 0 aliphatic carbocycles. The average molecular weight is 410 g/mol. The molecule has 4 aromatic rings. The van der Waals surface area contributed by atoms with Crippen molar-refractivity contribution in [3.8, 4) is 11.3 Å². The largest absolute Gasteiger partial charge is 0.319 e. The van der Waals surface area contributed by atoms with Crippen LogP contribution >= 0.6 is 11.3 Å². The average Bonchev–Trinajstić information content (AvgIpc) is 3.22. The summed E-state index contributed by atoms with van der Waals surface area (Å²) in [5.41, 5.74) is 4.20. The quantitative estimate of drug-likeness (QED) is 0.553. The van der Waals surface area contributed by atoms with Crippen molar-refractivity contribution in [3.05, 3.63) is 65.4 Å². The van der Waals surface area contributed by atoms with Crippen molar-refractivity contribution in [3.63, 3.8) is 0 Å². The summed E-state index contributed by atoms with van der Waals surface area (Å²) in [7, 11) is -3.38. The molecule has 0 fully saturated rings. The number of amides is 1. The molecule has 0 saturated carbocycles. The number of pyridine rings is 2. The summed E-state index contributed by atoms with van der Waals surface area (Å²) in [5, 5.41) is 5.34. The fourth-order valence-electron chi connectivity index (χ4n) is 2.68. The molecular weight excluding hydrogens is 396 g/mol. The number of sulfone groups is 1. The van der Waals surface area contributed by atoms with Gasteiger partial charge in [-0.05, 0) is 18.2 Å². The molecule has 9 heteroatoms. The van der Waals surface area contributed by atoms with E-state index in [2.05, 4.69) is 20.3 Å². The van der Waals surface area contributed by atoms with Gasteiger partial charge in [-0.15, -0.1) is 11.3 Å². The van der Waals surface area contributed by atoms with Gasteiger partial charge in [0, 0.05) is 35.0 Å². The summed E-state index contributed by atoms with van der Waals surface area (Å²) in [6, 6.07) is 10.7. The highest BCUT2D eigenvalue weighted by Crippen LogP contribution is 2.27. The van der Waals surface area contributed by atoms with E-state index in [0.717, 1.165) is 11.6 Å². The lowest BCUT2D eigenvalue weighted by Gasteiger charge is -2.09. The van der Waals surface area contributed by atoms with Gasteiger partial charge < -0.3 is 5.32 Å². The van der Waals surface area contributed by atoms with Gasteiger partial charge in [-0.25, -0.2) is 18.4 Å². The molecule has 0 unspecified atom stereocenters. The summed E-state index contributed by atoms with van der Waals surface area (Å²) < 4.78 is 23.6. The third-order valence-electron chi connectivity index (χ3n) is 4.07. The molecule has 0 aliphatic rings. The van der Waals surface area contributed by atoms with Crippen molar-refractivity contribution in [1.82, 2.24) is 15.0 Å². The Morgan fingerprint density at radius 3 is 2.75 bits per heavy atom. The van der Waals surface area contributed by atoms with Crippen molar-refractivity contribution in [1.29, 1.82) is 0 Å². The molecule has 3 aromatic heterocycles. The number of carbonyl (C=O) groups is 1. The summed E-state index contributed by atoms with van der Waals surface area (Å²) in [5.74, 6) is -0.318. The summed E-state index contributed by atoms with van der Waals surface area (Å²) >= 11 is 1.34. The Hall–Kier alpha value is -3.17. The van der Waals surface area contributed by atoms with Gasteiger partial charge in [0.25, 0.3) is 5.91 Å². The molecule has 0 spiro atoms. The van der Waals surface area contributed by atoms with Crippen LogP contribution in [0.1, 0.15) is 10.5 Å². The van der Waals surface area contributed by atoms with Crippen LogP contribution in [0.4, 0.5) is 5.69 Å². The first-order valence-electron chi connectivity index (χ1n) is 8.16. The number of hydrogen-bond acceptors (Lipinski definition) is 7. The molecule has 0 atom stereocenters. The third kappa shape index (κ3) is 3.62. The van der Waals surface area contributed by atoms with Crippen molar-refractivity contribution < 1.29 is 13.2 Å². The number of benzene rings is 1. The van der Waals surface area contributed by atoms with E-state index in [0.29, 0.717) is 28.2 Å². The van der Waals surface area contributed by atoms with Crippen LogP contribution < -0.4 is 5.32 Å². The minimum Gasteiger partial charge on any atom is -0.319 e. The van der Waals surface area contributed by atoms with Crippen molar-refractivity contribution >= 4 is 43.7 Å². The maximum atomic E-state index is 12.4. The SMILES string of the molecule is CS(=O)(=O)c1cncc(-c2ccc3cccc(NC(=O)c4cscn4)c3n2)c1. The molecule has 1 amide bonds. The molecular formula is C19H14N4O3S2. The molecule has 0 aliphatic heterocycles.